The molecule has 0 aliphatic carbocycles. The number of carbonyl (C=O) groups is 1. The molecule has 6 nitrogen and oxygen atoms in total. The number of hydrogen-bond acceptors (Lipinski definition) is 4. The summed E-state index contributed by atoms with van der Waals surface area (Å²) in [4.78, 5) is 13.3. The van der Waals surface area contributed by atoms with Crippen molar-refractivity contribution in [3.05, 3.63) is 36.7 Å². The first-order valence-electron chi connectivity index (χ1n) is 7.22. The van der Waals surface area contributed by atoms with Gasteiger partial charge in [-0.15, -0.1) is 5.10 Å². The van der Waals surface area contributed by atoms with Crippen LogP contribution in [0.3, 0.4) is 0 Å². The van der Waals surface area contributed by atoms with Gasteiger partial charge in [0.25, 0.3) is 0 Å². The van der Waals surface area contributed by atoms with E-state index in [1.807, 2.05) is 35.4 Å². The largest absolute Gasteiger partial charge is 0.380 e. The molecule has 110 valence electrons. The van der Waals surface area contributed by atoms with Gasteiger partial charge in [-0.2, -0.15) is 0 Å². The highest BCUT2D eigenvalue weighted by Crippen LogP contribution is 2.22. The van der Waals surface area contributed by atoms with Gasteiger partial charge in [0.15, 0.2) is 0 Å². The zero-order valence-corrected chi connectivity index (χ0v) is 12.1. The Morgan fingerprint density at radius 2 is 2.05 bits per heavy atom. The Bertz CT molecular complexity index is 602. The van der Waals surface area contributed by atoms with Crippen LogP contribution >= 0.6 is 0 Å². The predicted molar refractivity (Wildman–Crippen MR) is 80.3 cm³/mol. The van der Waals surface area contributed by atoms with Gasteiger partial charge >= 0.3 is 0 Å². The molecule has 0 saturated carbocycles. The predicted octanol–water partition coefficient (Wildman–Crippen LogP) is 1.69. The van der Waals surface area contributed by atoms with Crippen molar-refractivity contribution in [2.24, 2.45) is 0 Å². The first-order valence-corrected chi connectivity index (χ1v) is 7.22. The van der Waals surface area contributed by atoms with Crippen molar-refractivity contribution < 1.29 is 4.79 Å². The fourth-order valence-electron chi connectivity index (χ4n) is 2.69. The summed E-state index contributed by atoms with van der Waals surface area (Å²) in [5.74, 6) is 0.163. The highest BCUT2D eigenvalue weighted by atomic mass is 16.2. The SMILES string of the molecule is CC(=O)N1CCC(Nc2ccccc2-n2ccnn2)CC1. The zero-order valence-electron chi connectivity index (χ0n) is 12.1. The van der Waals surface area contributed by atoms with Gasteiger partial charge in [-0.3, -0.25) is 4.79 Å². The molecule has 1 N–H and O–H groups in total. The smallest absolute Gasteiger partial charge is 0.219 e. The molecule has 1 fully saturated rings. The summed E-state index contributed by atoms with van der Waals surface area (Å²) in [7, 11) is 0. The van der Waals surface area contributed by atoms with Crippen molar-refractivity contribution >= 4 is 11.6 Å². The number of piperidine rings is 1. The van der Waals surface area contributed by atoms with Crippen LogP contribution in [0.2, 0.25) is 0 Å². The number of para-hydroxylation sites is 2. The van der Waals surface area contributed by atoms with Crippen LogP contribution < -0.4 is 5.32 Å². The zero-order chi connectivity index (χ0) is 14.7. The highest BCUT2D eigenvalue weighted by molar-refractivity contribution is 5.73. The molecule has 1 saturated heterocycles. The third kappa shape index (κ3) is 3.04. The number of amides is 1. The summed E-state index contributed by atoms with van der Waals surface area (Å²) in [6.45, 7) is 3.27. The number of carbonyl (C=O) groups excluding carboxylic acids is 1. The second-order valence-electron chi connectivity index (χ2n) is 5.29. The molecular weight excluding hydrogens is 266 g/mol. The van der Waals surface area contributed by atoms with Crippen LogP contribution in [-0.2, 0) is 4.79 Å². The van der Waals surface area contributed by atoms with Crippen LogP contribution in [0.4, 0.5) is 5.69 Å². The molecule has 0 spiro atoms. The number of anilines is 1. The molecule has 1 aromatic heterocycles. The van der Waals surface area contributed by atoms with Crippen LogP contribution in [0.25, 0.3) is 5.69 Å². The summed E-state index contributed by atoms with van der Waals surface area (Å²) in [5.41, 5.74) is 2.04. The Balaban J connectivity index is 1.70. The third-order valence-corrected chi connectivity index (χ3v) is 3.87. The molecule has 2 heterocycles. The first kappa shape index (κ1) is 13.6. The maximum absolute atomic E-state index is 11.4. The van der Waals surface area contributed by atoms with E-state index in [0.717, 1.165) is 37.3 Å². The molecule has 0 radical (unpaired) electrons. The normalized spacial score (nSPS) is 16.0. The number of hydrogen-bond donors (Lipinski definition) is 1. The van der Waals surface area contributed by atoms with E-state index in [1.165, 1.54) is 0 Å². The number of nitrogens with zero attached hydrogens (tertiary/aromatic N) is 4. The van der Waals surface area contributed by atoms with E-state index in [-0.39, 0.29) is 5.91 Å². The highest BCUT2D eigenvalue weighted by Gasteiger charge is 2.21. The molecule has 6 heteroatoms. The number of likely N-dealkylation sites (tertiary alicyclic amines) is 1. The lowest BCUT2D eigenvalue weighted by Crippen LogP contribution is -2.41. The summed E-state index contributed by atoms with van der Waals surface area (Å²) < 4.78 is 1.76. The van der Waals surface area contributed by atoms with Gasteiger partial charge in [0.1, 0.15) is 0 Å². The van der Waals surface area contributed by atoms with Crippen LogP contribution in [0, 0.1) is 0 Å². The van der Waals surface area contributed by atoms with Gasteiger partial charge in [0, 0.05) is 26.1 Å². The first-order chi connectivity index (χ1) is 10.2. The number of aromatic nitrogens is 3. The van der Waals surface area contributed by atoms with E-state index < -0.39 is 0 Å². The Hall–Kier alpha value is -2.37. The number of nitrogens with one attached hydrogen (secondary N) is 1. The molecule has 2 aromatic rings. The van der Waals surface area contributed by atoms with E-state index in [9.17, 15) is 4.79 Å². The average Bonchev–Trinajstić information content (AvgIpc) is 3.02. The van der Waals surface area contributed by atoms with E-state index in [2.05, 4.69) is 15.6 Å². The van der Waals surface area contributed by atoms with Crippen LogP contribution in [0.15, 0.2) is 36.7 Å². The summed E-state index contributed by atoms with van der Waals surface area (Å²) in [5, 5.41) is 11.5. The van der Waals surface area contributed by atoms with Crippen molar-refractivity contribution in [3.63, 3.8) is 0 Å². The molecule has 21 heavy (non-hydrogen) atoms. The van der Waals surface area contributed by atoms with Crippen molar-refractivity contribution in [3.8, 4) is 5.69 Å². The molecule has 0 bridgehead atoms. The molecule has 1 amide bonds. The van der Waals surface area contributed by atoms with Gasteiger partial charge in [-0.05, 0) is 25.0 Å². The monoisotopic (exact) mass is 285 g/mol. The number of benzene rings is 1. The van der Waals surface area contributed by atoms with Gasteiger partial charge in [0.05, 0.1) is 23.8 Å². The fraction of sp³-hybridized carbons (Fsp3) is 0.400. The summed E-state index contributed by atoms with van der Waals surface area (Å²) in [6, 6.07) is 8.44. The lowest BCUT2D eigenvalue weighted by molar-refractivity contribution is -0.129. The minimum atomic E-state index is 0.163. The van der Waals surface area contributed by atoms with Crippen molar-refractivity contribution in [2.75, 3.05) is 18.4 Å². The van der Waals surface area contributed by atoms with Crippen molar-refractivity contribution in [1.29, 1.82) is 0 Å². The molecule has 1 aliphatic rings. The van der Waals surface area contributed by atoms with E-state index in [0.29, 0.717) is 6.04 Å². The standard InChI is InChI=1S/C15H19N5O/c1-12(21)19-9-6-13(7-10-19)17-14-4-2-3-5-15(14)20-11-8-16-18-20/h2-5,8,11,13,17H,6-7,9-10H2,1H3. The third-order valence-electron chi connectivity index (χ3n) is 3.87. The van der Waals surface area contributed by atoms with Gasteiger partial charge < -0.3 is 10.2 Å². The lowest BCUT2D eigenvalue weighted by atomic mass is 10.0. The van der Waals surface area contributed by atoms with Crippen LogP contribution in [0.5, 0.6) is 0 Å². The quantitative estimate of drug-likeness (QED) is 0.932. The molecule has 1 aliphatic heterocycles. The van der Waals surface area contributed by atoms with Crippen LogP contribution in [-0.4, -0.2) is 44.9 Å². The Labute approximate surface area is 123 Å². The Morgan fingerprint density at radius 1 is 1.29 bits per heavy atom. The molecular formula is C15H19N5O. The fourth-order valence-corrected chi connectivity index (χ4v) is 2.69. The molecule has 3 rings (SSSR count). The summed E-state index contributed by atoms with van der Waals surface area (Å²) in [6.07, 6.45) is 5.43. The molecule has 0 atom stereocenters. The number of rotatable bonds is 3. The van der Waals surface area contributed by atoms with Crippen molar-refractivity contribution in [2.45, 2.75) is 25.8 Å². The van der Waals surface area contributed by atoms with E-state index in [4.69, 9.17) is 0 Å². The van der Waals surface area contributed by atoms with Gasteiger partial charge in [-0.1, -0.05) is 17.3 Å². The molecule has 1 aromatic carbocycles. The van der Waals surface area contributed by atoms with Crippen LogP contribution in [0.1, 0.15) is 19.8 Å². The second kappa shape index (κ2) is 5.95. The lowest BCUT2D eigenvalue weighted by Gasteiger charge is -2.32. The topological polar surface area (TPSA) is 63.1 Å². The maximum atomic E-state index is 11.4. The summed E-state index contributed by atoms with van der Waals surface area (Å²) >= 11 is 0. The Kier molecular flexibility index (Phi) is 3.85. The molecule has 0 unspecified atom stereocenters. The van der Waals surface area contributed by atoms with Gasteiger partial charge in [-0.25, -0.2) is 4.68 Å². The van der Waals surface area contributed by atoms with Crippen molar-refractivity contribution in [1.82, 2.24) is 19.9 Å². The van der Waals surface area contributed by atoms with E-state index >= 15 is 0 Å². The minimum Gasteiger partial charge on any atom is -0.380 e. The van der Waals surface area contributed by atoms with E-state index in [1.54, 1.807) is 17.8 Å². The average molecular weight is 285 g/mol. The Morgan fingerprint density at radius 3 is 2.71 bits per heavy atom. The second-order valence-corrected chi connectivity index (χ2v) is 5.29. The minimum absolute atomic E-state index is 0.163. The maximum Gasteiger partial charge on any atom is 0.219 e. The van der Waals surface area contributed by atoms with Gasteiger partial charge in [0.2, 0.25) is 5.91 Å².